The molecule has 1 aliphatic heterocycles. The van der Waals surface area contributed by atoms with Gasteiger partial charge in [-0.25, -0.2) is 0 Å². The summed E-state index contributed by atoms with van der Waals surface area (Å²) in [5.74, 6) is 1.39. The molecule has 3 rings (SSSR count). The van der Waals surface area contributed by atoms with Crippen molar-refractivity contribution in [2.45, 2.75) is 13.0 Å². The Kier molecular flexibility index (Phi) is 3.09. The van der Waals surface area contributed by atoms with Gasteiger partial charge in [-0.15, -0.1) is 0 Å². The Balaban J connectivity index is 2.05. The van der Waals surface area contributed by atoms with E-state index in [-0.39, 0.29) is 0 Å². The van der Waals surface area contributed by atoms with Crippen molar-refractivity contribution in [2.24, 2.45) is 5.92 Å². The lowest BCUT2D eigenvalue weighted by molar-refractivity contribution is 0.182. The number of H-pyrrole nitrogens is 1. The van der Waals surface area contributed by atoms with Gasteiger partial charge in [-0.1, -0.05) is 6.07 Å². The van der Waals surface area contributed by atoms with Crippen LogP contribution in [0.3, 0.4) is 0 Å². The first-order valence-electron chi connectivity index (χ1n) is 6.13. The number of aromatic nitrogens is 2. The van der Waals surface area contributed by atoms with Crippen molar-refractivity contribution in [1.82, 2.24) is 9.55 Å². The van der Waals surface area contributed by atoms with Gasteiger partial charge in [0.05, 0.1) is 19.2 Å². The normalized spacial score (nSPS) is 19.5. The summed E-state index contributed by atoms with van der Waals surface area (Å²) in [4.78, 5) is 3.23. The molecule has 1 saturated heterocycles. The summed E-state index contributed by atoms with van der Waals surface area (Å²) in [6.45, 7) is 2.61. The number of rotatable bonds is 3. The van der Waals surface area contributed by atoms with Crippen LogP contribution < -0.4 is 4.74 Å². The summed E-state index contributed by atoms with van der Waals surface area (Å²) in [6, 6.07) is 6.00. The highest BCUT2D eigenvalue weighted by molar-refractivity contribution is 7.71. The Morgan fingerprint density at radius 3 is 3.17 bits per heavy atom. The maximum absolute atomic E-state index is 5.42. The number of ether oxygens (including phenoxy) is 2. The number of fused-ring (bicyclic) bond motifs is 1. The first-order valence-corrected chi connectivity index (χ1v) is 6.53. The molecule has 1 aromatic heterocycles. The molecule has 2 aromatic rings. The van der Waals surface area contributed by atoms with E-state index in [4.69, 9.17) is 21.7 Å². The SMILES string of the molecule is COc1cccc2c1[nH]c(=S)n2CC1CCOC1. The molecule has 1 aromatic carbocycles. The number of nitrogens with one attached hydrogen (secondary N) is 1. The average molecular weight is 264 g/mol. The fourth-order valence-corrected chi connectivity index (χ4v) is 2.77. The lowest BCUT2D eigenvalue weighted by Gasteiger charge is -2.09. The molecule has 4 nitrogen and oxygen atoms in total. The van der Waals surface area contributed by atoms with Gasteiger partial charge in [0.25, 0.3) is 0 Å². The highest BCUT2D eigenvalue weighted by Gasteiger charge is 2.18. The van der Waals surface area contributed by atoms with Crippen molar-refractivity contribution in [3.8, 4) is 5.75 Å². The molecule has 2 heterocycles. The molecule has 0 spiro atoms. The lowest BCUT2D eigenvalue weighted by Crippen LogP contribution is -2.10. The zero-order valence-corrected chi connectivity index (χ0v) is 11.1. The van der Waals surface area contributed by atoms with Crippen LogP contribution in [0.1, 0.15) is 6.42 Å². The fourth-order valence-electron chi connectivity index (χ4n) is 2.49. The summed E-state index contributed by atoms with van der Waals surface area (Å²) in [7, 11) is 1.67. The van der Waals surface area contributed by atoms with Crippen molar-refractivity contribution in [3.05, 3.63) is 23.0 Å². The van der Waals surface area contributed by atoms with E-state index in [1.807, 2.05) is 12.1 Å². The predicted octanol–water partition coefficient (Wildman–Crippen LogP) is 2.74. The fraction of sp³-hybridized carbons (Fsp3) is 0.462. The van der Waals surface area contributed by atoms with Gasteiger partial charge in [-0.3, -0.25) is 0 Å². The maximum Gasteiger partial charge on any atom is 0.178 e. The molecule has 1 aliphatic rings. The number of imidazole rings is 1. The number of methoxy groups -OCH3 is 1. The number of hydrogen-bond donors (Lipinski definition) is 1. The third kappa shape index (κ3) is 1.93. The molecular weight excluding hydrogens is 248 g/mol. The van der Waals surface area contributed by atoms with Crippen LogP contribution in [-0.4, -0.2) is 29.9 Å². The highest BCUT2D eigenvalue weighted by atomic mass is 32.1. The zero-order chi connectivity index (χ0) is 12.5. The summed E-state index contributed by atoms with van der Waals surface area (Å²) in [5, 5.41) is 0. The predicted molar refractivity (Wildman–Crippen MR) is 72.6 cm³/mol. The largest absolute Gasteiger partial charge is 0.494 e. The van der Waals surface area contributed by atoms with E-state index in [9.17, 15) is 0 Å². The van der Waals surface area contributed by atoms with Crippen molar-refractivity contribution in [3.63, 3.8) is 0 Å². The monoisotopic (exact) mass is 264 g/mol. The second kappa shape index (κ2) is 4.74. The molecule has 0 amide bonds. The molecule has 0 saturated carbocycles. The van der Waals surface area contributed by atoms with Crippen LogP contribution in [0, 0.1) is 10.7 Å². The Morgan fingerprint density at radius 2 is 2.44 bits per heavy atom. The second-order valence-corrected chi connectivity index (χ2v) is 5.01. The summed E-state index contributed by atoms with van der Waals surface area (Å²) in [5.41, 5.74) is 2.08. The standard InChI is InChI=1S/C13H16N2O2S/c1-16-11-4-2-3-10-12(11)14-13(18)15(10)7-9-5-6-17-8-9/h2-4,9H,5-8H2,1H3,(H,14,18). The minimum Gasteiger partial charge on any atom is -0.494 e. The van der Waals surface area contributed by atoms with Crippen LogP contribution in [0.4, 0.5) is 0 Å². The molecule has 1 unspecified atom stereocenters. The van der Waals surface area contributed by atoms with E-state index < -0.39 is 0 Å². The Labute approximate surface area is 111 Å². The van der Waals surface area contributed by atoms with Crippen LogP contribution in [0.25, 0.3) is 11.0 Å². The van der Waals surface area contributed by atoms with E-state index in [0.29, 0.717) is 5.92 Å². The first-order chi connectivity index (χ1) is 8.79. The second-order valence-electron chi connectivity index (χ2n) is 4.62. The molecule has 5 heteroatoms. The molecule has 96 valence electrons. The van der Waals surface area contributed by atoms with E-state index in [2.05, 4.69) is 15.6 Å². The number of para-hydroxylation sites is 1. The number of aromatic amines is 1. The lowest BCUT2D eigenvalue weighted by atomic mass is 10.1. The highest BCUT2D eigenvalue weighted by Crippen LogP contribution is 2.26. The van der Waals surface area contributed by atoms with E-state index >= 15 is 0 Å². The quantitative estimate of drug-likeness (QED) is 0.866. The Bertz CT molecular complexity index is 611. The van der Waals surface area contributed by atoms with Gasteiger partial charge >= 0.3 is 0 Å². The third-order valence-electron chi connectivity index (χ3n) is 3.46. The summed E-state index contributed by atoms with van der Waals surface area (Å²) < 4.78 is 13.7. The van der Waals surface area contributed by atoms with Gasteiger partial charge in [0.1, 0.15) is 11.3 Å². The number of benzene rings is 1. The molecule has 0 bridgehead atoms. The maximum atomic E-state index is 5.42. The van der Waals surface area contributed by atoms with Gasteiger partial charge in [-0.05, 0) is 30.8 Å². The van der Waals surface area contributed by atoms with Gasteiger partial charge in [0.15, 0.2) is 4.77 Å². The zero-order valence-electron chi connectivity index (χ0n) is 10.3. The first kappa shape index (κ1) is 11.7. The topological polar surface area (TPSA) is 39.2 Å². The third-order valence-corrected chi connectivity index (χ3v) is 3.78. The average Bonchev–Trinajstić information content (AvgIpc) is 2.99. The molecule has 1 atom stereocenters. The van der Waals surface area contributed by atoms with Crippen LogP contribution in [0.2, 0.25) is 0 Å². The van der Waals surface area contributed by atoms with E-state index in [1.165, 1.54) is 0 Å². The Hall–Kier alpha value is -1.33. The van der Waals surface area contributed by atoms with Crippen molar-refractivity contribution in [1.29, 1.82) is 0 Å². The summed E-state index contributed by atoms with van der Waals surface area (Å²) in [6.07, 6.45) is 1.11. The minimum absolute atomic E-state index is 0.557. The van der Waals surface area contributed by atoms with Gasteiger partial charge < -0.3 is 19.0 Å². The molecule has 0 aliphatic carbocycles. The van der Waals surface area contributed by atoms with Crippen LogP contribution in [-0.2, 0) is 11.3 Å². The smallest absolute Gasteiger partial charge is 0.178 e. The Morgan fingerprint density at radius 1 is 1.56 bits per heavy atom. The van der Waals surface area contributed by atoms with Gasteiger partial charge in [0, 0.05) is 19.1 Å². The van der Waals surface area contributed by atoms with Crippen LogP contribution in [0.5, 0.6) is 5.75 Å². The molecule has 18 heavy (non-hydrogen) atoms. The van der Waals surface area contributed by atoms with Crippen molar-refractivity contribution in [2.75, 3.05) is 20.3 Å². The summed E-state index contributed by atoms with van der Waals surface area (Å²) >= 11 is 5.41. The van der Waals surface area contributed by atoms with Crippen LogP contribution >= 0.6 is 12.2 Å². The van der Waals surface area contributed by atoms with E-state index in [1.54, 1.807) is 7.11 Å². The minimum atomic E-state index is 0.557. The molecular formula is C13H16N2O2S. The van der Waals surface area contributed by atoms with Crippen molar-refractivity contribution < 1.29 is 9.47 Å². The van der Waals surface area contributed by atoms with Crippen LogP contribution in [0.15, 0.2) is 18.2 Å². The molecule has 1 fully saturated rings. The van der Waals surface area contributed by atoms with E-state index in [0.717, 1.165) is 47.7 Å². The number of hydrogen-bond acceptors (Lipinski definition) is 3. The van der Waals surface area contributed by atoms with Gasteiger partial charge in [-0.2, -0.15) is 0 Å². The molecule has 0 radical (unpaired) electrons. The molecule has 1 N–H and O–H groups in total. The van der Waals surface area contributed by atoms with Gasteiger partial charge in [0.2, 0.25) is 0 Å². The van der Waals surface area contributed by atoms with Crippen molar-refractivity contribution >= 4 is 23.3 Å². The number of nitrogens with zero attached hydrogens (tertiary/aromatic N) is 1.